The summed E-state index contributed by atoms with van der Waals surface area (Å²) in [4.78, 5) is 12.2. The Balaban J connectivity index is 2.03. The van der Waals surface area contributed by atoms with Gasteiger partial charge < -0.3 is 5.32 Å². The Kier molecular flexibility index (Phi) is 6.43. The molecule has 122 valence electrons. The Bertz CT molecular complexity index is 647. The Labute approximate surface area is 147 Å². The number of rotatable bonds is 6. The molecule has 0 radical (unpaired) electrons. The number of pyridine rings is 1. The Morgan fingerprint density at radius 3 is 2.17 bits per heavy atom. The number of anilines is 1. The summed E-state index contributed by atoms with van der Waals surface area (Å²) in [6.45, 7) is 4.59. The van der Waals surface area contributed by atoms with Crippen molar-refractivity contribution in [3.05, 3.63) is 58.3 Å². The molecule has 1 N–H and O–H groups in total. The van der Waals surface area contributed by atoms with Gasteiger partial charge in [-0.25, -0.2) is 0 Å². The molecule has 2 rings (SSSR count). The molecule has 1 aromatic heterocycles. The smallest absolute Gasteiger partial charge is 0.290 e. The summed E-state index contributed by atoms with van der Waals surface area (Å²) in [6.07, 6.45) is 6.10. The highest BCUT2D eigenvalue weighted by Gasteiger charge is 2.14. The van der Waals surface area contributed by atoms with E-state index in [0.717, 1.165) is 12.8 Å². The minimum Gasteiger partial charge on any atom is -0.318 e. The van der Waals surface area contributed by atoms with Gasteiger partial charge in [0.2, 0.25) is 6.54 Å². The molecule has 3 nitrogen and oxygen atoms in total. The number of carbonyl (C=O) groups excluding carboxylic acids is 1. The van der Waals surface area contributed by atoms with Gasteiger partial charge in [0.1, 0.15) is 0 Å². The lowest BCUT2D eigenvalue weighted by Gasteiger charge is -2.11. The van der Waals surface area contributed by atoms with Gasteiger partial charge in [0.15, 0.2) is 12.4 Å². The molecule has 0 atom stereocenters. The average molecular weight is 352 g/mol. The standard InChI is InChI=1S/C18H20Cl2N2O/c1-3-13(4-2)14-8-10-22(11-9-14)12-17(23)21-18-15(19)6-5-7-16(18)20/h5-11,13H,3-4,12H2,1-2H3/p+1. The second-order valence-electron chi connectivity index (χ2n) is 5.46. The zero-order chi connectivity index (χ0) is 16.8. The fourth-order valence-corrected chi connectivity index (χ4v) is 3.06. The predicted molar refractivity (Wildman–Crippen MR) is 95.1 cm³/mol. The van der Waals surface area contributed by atoms with Gasteiger partial charge >= 0.3 is 0 Å². The van der Waals surface area contributed by atoms with Gasteiger partial charge in [-0.05, 0) is 36.5 Å². The molecule has 1 heterocycles. The average Bonchev–Trinajstić information content (AvgIpc) is 2.54. The highest BCUT2D eigenvalue weighted by Crippen LogP contribution is 2.29. The van der Waals surface area contributed by atoms with Crippen molar-refractivity contribution in [3.8, 4) is 0 Å². The van der Waals surface area contributed by atoms with Crippen LogP contribution in [0.3, 0.4) is 0 Å². The molecule has 5 heteroatoms. The largest absolute Gasteiger partial charge is 0.318 e. The van der Waals surface area contributed by atoms with Gasteiger partial charge in [0.05, 0.1) is 15.7 Å². The van der Waals surface area contributed by atoms with Crippen LogP contribution < -0.4 is 9.88 Å². The quantitative estimate of drug-likeness (QED) is 0.743. The summed E-state index contributed by atoms with van der Waals surface area (Å²) in [6, 6.07) is 9.29. The van der Waals surface area contributed by atoms with Crippen LogP contribution in [-0.2, 0) is 11.3 Å². The van der Waals surface area contributed by atoms with Crippen LogP contribution in [0.5, 0.6) is 0 Å². The first kappa shape index (κ1) is 17.8. The zero-order valence-corrected chi connectivity index (χ0v) is 14.9. The molecule has 0 aliphatic rings. The highest BCUT2D eigenvalue weighted by atomic mass is 35.5. The number of nitrogens with zero attached hydrogens (tertiary/aromatic N) is 1. The number of hydrogen-bond donors (Lipinski definition) is 1. The third-order valence-corrected chi connectivity index (χ3v) is 4.56. The van der Waals surface area contributed by atoms with Crippen LogP contribution in [0.1, 0.15) is 38.2 Å². The molecule has 0 aliphatic carbocycles. The fraction of sp³-hybridized carbons (Fsp3) is 0.333. The van der Waals surface area contributed by atoms with Crippen LogP contribution >= 0.6 is 23.2 Å². The molecule has 0 spiro atoms. The maximum absolute atomic E-state index is 12.2. The third-order valence-electron chi connectivity index (χ3n) is 3.93. The van der Waals surface area contributed by atoms with E-state index in [9.17, 15) is 4.79 Å². The number of carbonyl (C=O) groups is 1. The highest BCUT2D eigenvalue weighted by molar-refractivity contribution is 6.39. The van der Waals surface area contributed by atoms with Gasteiger partial charge in [-0.15, -0.1) is 0 Å². The molecule has 0 saturated heterocycles. The summed E-state index contributed by atoms with van der Waals surface area (Å²) in [5, 5.41) is 3.62. The number of amides is 1. The lowest BCUT2D eigenvalue weighted by Crippen LogP contribution is -2.39. The maximum atomic E-state index is 12.2. The first-order valence-corrected chi connectivity index (χ1v) is 8.53. The Hall–Kier alpha value is -1.58. The summed E-state index contributed by atoms with van der Waals surface area (Å²) >= 11 is 12.1. The van der Waals surface area contributed by atoms with Crippen LogP contribution in [0.4, 0.5) is 5.69 Å². The van der Waals surface area contributed by atoms with Crippen LogP contribution in [0.15, 0.2) is 42.7 Å². The van der Waals surface area contributed by atoms with Gasteiger partial charge in [-0.3, -0.25) is 4.79 Å². The van der Waals surface area contributed by atoms with E-state index >= 15 is 0 Å². The van der Waals surface area contributed by atoms with E-state index in [1.807, 2.05) is 17.0 Å². The van der Waals surface area contributed by atoms with Gasteiger partial charge in [0.25, 0.3) is 5.91 Å². The lowest BCUT2D eigenvalue weighted by atomic mass is 9.95. The fourth-order valence-electron chi connectivity index (χ4n) is 2.57. The summed E-state index contributed by atoms with van der Waals surface area (Å²) in [5.74, 6) is 0.403. The molecule has 0 aliphatic heterocycles. The molecule has 2 aromatic rings. The van der Waals surface area contributed by atoms with Crippen molar-refractivity contribution in [2.75, 3.05) is 5.32 Å². The minimum atomic E-state index is -0.166. The van der Waals surface area contributed by atoms with Gasteiger partial charge in [0, 0.05) is 12.1 Å². The number of aromatic nitrogens is 1. The van der Waals surface area contributed by atoms with E-state index in [4.69, 9.17) is 23.2 Å². The van der Waals surface area contributed by atoms with E-state index in [2.05, 4.69) is 31.3 Å². The van der Waals surface area contributed by atoms with Gasteiger partial charge in [-0.1, -0.05) is 43.1 Å². The van der Waals surface area contributed by atoms with Crippen molar-refractivity contribution >= 4 is 34.8 Å². The number of hydrogen-bond acceptors (Lipinski definition) is 1. The summed E-state index contributed by atoms with van der Waals surface area (Å²) in [7, 11) is 0. The van der Waals surface area contributed by atoms with Crippen LogP contribution in [-0.4, -0.2) is 5.91 Å². The Morgan fingerprint density at radius 1 is 1.09 bits per heavy atom. The molecule has 1 amide bonds. The molecule has 0 bridgehead atoms. The summed E-state index contributed by atoms with van der Waals surface area (Å²) < 4.78 is 1.84. The maximum Gasteiger partial charge on any atom is 0.290 e. The van der Waals surface area contributed by atoms with Crippen molar-refractivity contribution in [3.63, 3.8) is 0 Å². The minimum absolute atomic E-state index is 0.166. The van der Waals surface area contributed by atoms with Crippen molar-refractivity contribution in [1.29, 1.82) is 0 Å². The van der Waals surface area contributed by atoms with E-state index in [1.165, 1.54) is 5.56 Å². The van der Waals surface area contributed by atoms with Crippen molar-refractivity contribution < 1.29 is 9.36 Å². The third kappa shape index (κ3) is 4.69. The molecular weight excluding hydrogens is 331 g/mol. The van der Waals surface area contributed by atoms with E-state index in [0.29, 0.717) is 21.7 Å². The zero-order valence-electron chi connectivity index (χ0n) is 13.4. The first-order valence-electron chi connectivity index (χ1n) is 7.78. The second kappa shape index (κ2) is 8.32. The monoisotopic (exact) mass is 351 g/mol. The topological polar surface area (TPSA) is 33.0 Å². The molecule has 0 fully saturated rings. The van der Waals surface area contributed by atoms with E-state index in [1.54, 1.807) is 18.2 Å². The van der Waals surface area contributed by atoms with E-state index in [-0.39, 0.29) is 12.5 Å². The van der Waals surface area contributed by atoms with Crippen molar-refractivity contribution in [1.82, 2.24) is 0 Å². The lowest BCUT2D eigenvalue weighted by molar-refractivity contribution is -0.684. The first-order chi connectivity index (χ1) is 11.0. The molecule has 0 saturated carbocycles. The molecule has 1 aromatic carbocycles. The Morgan fingerprint density at radius 2 is 1.65 bits per heavy atom. The second-order valence-corrected chi connectivity index (χ2v) is 6.28. The van der Waals surface area contributed by atoms with E-state index < -0.39 is 0 Å². The van der Waals surface area contributed by atoms with Crippen LogP contribution in [0, 0.1) is 0 Å². The van der Waals surface area contributed by atoms with Crippen LogP contribution in [0.25, 0.3) is 0 Å². The number of para-hydroxylation sites is 1. The number of nitrogens with one attached hydrogen (secondary N) is 1. The van der Waals surface area contributed by atoms with Crippen molar-refractivity contribution in [2.45, 2.75) is 39.2 Å². The normalized spacial score (nSPS) is 10.8. The molecule has 0 unspecified atom stereocenters. The van der Waals surface area contributed by atoms with Crippen molar-refractivity contribution in [2.24, 2.45) is 0 Å². The summed E-state index contributed by atoms with van der Waals surface area (Å²) in [5.41, 5.74) is 1.76. The predicted octanol–water partition coefficient (Wildman–Crippen LogP) is 4.82. The van der Waals surface area contributed by atoms with Gasteiger partial charge in [-0.2, -0.15) is 4.57 Å². The molecule has 23 heavy (non-hydrogen) atoms. The number of halogens is 2. The SMILES string of the molecule is CCC(CC)c1cc[n+](CC(=O)Nc2c(Cl)cccc2Cl)cc1. The van der Waals surface area contributed by atoms with Crippen LogP contribution in [0.2, 0.25) is 10.0 Å². The molecular formula is C18H21Cl2N2O+. The number of benzene rings is 1.